The number of nitrogens with zero attached hydrogens (tertiary/aromatic N) is 8. The van der Waals surface area contributed by atoms with Gasteiger partial charge < -0.3 is 10.1 Å². The fourth-order valence-corrected chi connectivity index (χ4v) is 10.5. The first-order valence-corrected chi connectivity index (χ1v) is 22.7. The molecule has 354 valence electrons. The summed E-state index contributed by atoms with van der Waals surface area (Å²) >= 11 is 6.67. The Kier molecular flexibility index (Phi) is 11.0. The molecule has 3 atom stereocenters. The van der Waals surface area contributed by atoms with E-state index in [1.54, 1.807) is 0 Å². The summed E-state index contributed by atoms with van der Waals surface area (Å²) in [5, 5.41) is 9.16. The summed E-state index contributed by atoms with van der Waals surface area (Å²) in [7, 11) is -2.74. The standard InChI is InChI=1S/C43H33ClF8N10O5S/c1-67-42-53-14-20(15-54-42)19-2-5-24-28(11-19)56-40(62(41(24)64)30-7-6-27(44)34-36(30)60(16-31(47)48)58-39(34)59-68(65,66)23-3-4-23)29(10-18-8-21(45)12-22(46)9-18)55-32(63)17-61-37-33(35(57-61)38(49)50)25-13-26(25)43(37,51)52/h2,5-9,11-12,14-15,23,25-26,29,31,38H,3-4,10,13,16-17H2,1H3,(H,55,63)(H,58,59)/t25-,26+,29-/m0/s1. The Bertz CT molecular complexity index is 3360. The van der Waals surface area contributed by atoms with Crippen LogP contribution in [-0.4, -0.2) is 72.2 Å². The predicted molar refractivity (Wildman–Crippen MR) is 228 cm³/mol. The van der Waals surface area contributed by atoms with Crippen LogP contribution >= 0.6 is 11.6 Å². The SMILES string of the molecule is COc1ncc(-c2ccc3c(=O)n(-c4ccc(Cl)c5c(NS(=O)(=O)C6CC6)nn(CC(F)F)c45)c([C@H](Cc4cc(F)cc(F)c4)NC(=O)Cn4nc(C(F)F)c5c4C(F)(F)[C@@H]4C[C@H]54)nc3c2)cn1. The van der Waals surface area contributed by atoms with Gasteiger partial charge in [0.05, 0.1) is 50.9 Å². The second-order valence-corrected chi connectivity index (χ2v) is 19.0. The molecular weight excluding hydrogens is 956 g/mol. The number of hydrogen-bond acceptors (Lipinski definition) is 10. The van der Waals surface area contributed by atoms with Crippen molar-refractivity contribution in [3.8, 4) is 22.8 Å². The number of sulfonamides is 1. The lowest BCUT2D eigenvalue weighted by Gasteiger charge is -2.24. The van der Waals surface area contributed by atoms with Gasteiger partial charge in [0.25, 0.3) is 24.3 Å². The number of aromatic nitrogens is 8. The number of methoxy groups -OCH3 is 1. The van der Waals surface area contributed by atoms with E-state index in [-0.39, 0.29) is 56.1 Å². The minimum atomic E-state index is -4.10. The van der Waals surface area contributed by atoms with E-state index >= 15 is 13.6 Å². The molecule has 1 amide bonds. The van der Waals surface area contributed by atoms with E-state index in [9.17, 15) is 39.6 Å². The molecule has 2 saturated carbocycles. The second-order valence-electron chi connectivity index (χ2n) is 16.6. The molecule has 3 aliphatic rings. The van der Waals surface area contributed by atoms with Gasteiger partial charge in [-0.1, -0.05) is 17.7 Å². The number of halogens is 9. The maximum absolute atomic E-state index is 15.6. The average Bonchev–Trinajstić information content (AvgIpc) is 4.20. The summed E-state index contributed by atoms with van der Waals surface area (Å²) in [4.78, 5) is 42.5. The largest absolute Gasteiger partial charge is 0.467 e. The number of benzene rings is 3. The highest BCUT2D eigenvalue weighted by Crippen LogP contribution is 2.68. The topological polar surface area (TPSA) is 181 Å². The third kappa shape index (κ3) is 7.95. The van der Waals surface area contributed by atoms with Crippen molar-refractivity contribution >= 4 is 55.2 Å². The van der Waals surface area contributed by atoms with Crippen LogP contribution < -0.4 is 20.3 Å². The number of carbonyl (C=O) groups excluding carboxylic acids is 1. The van der Waals surface area contributed by atoms with Crippen LogP contribution in [0, 0.1) is 17.6 Å². The fourth-order valence-electron chi connectivity index (χ4n) is 8.92. The summed E-state index contributed by atoms with van der Waals surface area (Å²) in [6.45, 7) is -2.23. The zero-order valence-corrected chi connectivity index (χ0v) is 36.5. The van der Waals surface area contributed by atoms with Gasteiger partial charge in [-0.2, -0.15) is 19.0 Å². The molecule has 15 nitrogen and oxygen atoms in total. The summed E-state index contributed by atoms with van der Waals surface area (Å²) in [6.07, 6.45) is -3.54. The van der Waals surface area contributed by atoms with Gasteiger partial charge in [0.1, 0.15) is 41.9 Å². The van der Waals surface area contributed by atoms with Gasteiger partial charge in [-0.3, -0.25) is 28.2 Å². The third-order valence-electron chi connectivity index (χ3n) is 12.1. The lowest BCUT2D eigenvalue weighted by molar-refractivity contribution is -0.123. The molecule has 0 radical (unpaired) electrons. The maximum atomic E-state index is 15.6. The third-order valence-corrected chi connectivity index (χ3v) is 14.2. The molecule has 3 aromatic carbocycles. The monoisotopic (exact) mass is 988 g/mol. The second kappa shape index (κ2) is 16.5. The smallest absolute Gasteiger partial charge is 0.316 e. The number of carbonyl (C=O) groups is 1. The van der Waals surface area contributed by atoms with E-state index in [2.05, 4.69) is 30.2 Å². The lowest BCUT2D eigenvalue weighted by Crippen LogP contribution is -2.38. The Morgan fingerprint density at radius 3 is 2.35 bits per heavy atom. The Hall–Kier alpha value is -6.69. The highest BCUT2D eigenvalue weighted by atomic mass is 35.5. The molecule has 25 heteroatoms. The summed E-state index contributed by atoms with van der Waals surface area (Å²) < 4.78 is 154. The molecule has 2 N–H and O–H groups in total. The van der Waals surface area contributed by atoms with Crippen LogP contribution in [0.3, 0.4) is 0 Å². The highest BCUT2D eigenvalue weighted by Gasteiger charge is 2.67. The minimum absolute atomic E-state index is 0.0417. The van der Waals surface area contributed by atoms with Gasteiger partial charge in [0, 0.05) is 41.9 Å². The Morgan fingerprint density at radius 2 is 1.69 bits per heavy atom. The normalized spacial score (nSPS) is 17.8. The predicted octanol–water partition coefficient (Wildman–Crippen LogP) is 7.75. The average molecular weight is 989 g/mol. The Labute approximate surface area is 383 Å². The molecule has 0 unspecified atom stereocenters. The number of ether oxygens (including phenoxy) is 1. The van der Waals surface area contributed by atoms with Crippen molar-refractivity contribution in [2.24, 2.45) is 5.92 Å². The molecular formula is C43H33ClF8N10O5S. The van der Waals surface area contributed by atoms with E-state index in [0.717, 1.165) is 21.4 Å². The number of nitrogens with one attached hydrogen (secondary N) is 2. The first-order valence-electron chi connectivity index (χ1n) is 20.8. The number of anilines is 1. The van der Waals surface area contributed by atoms with Gasteiger partial charge >= 0.3 is 6.01 Å². The van der Waals surface area contributed by atoms with Crippen molar-refractivity contribution in [1.29, 1.82) is 0 Å². The van der Waals surface area contributed by atoms with Crippen molar-refractivity contribution in [1.82, 2.24) is 44.4 Å². The van der Waals surface area contributed by atoms with Crippen LogP contribution in [0.15, 0.2) is 65.7 Å². The Balaban J connectivity index is 1.19. The first kappa shape index (κ1) is 45.1. The van der Waals surface area contributed by atoms with Gasteiger partial charge in [0.2, 0.25) is 15.9 Å². The van der Waals surface area contributed by atoms with E-state index in [0.29, 0.717) is 34.7 Å². The minimum Gasteiger partial charge on any atom is -0.467 e. The highest BCUT2D eigenvalue weighted by molar-refractivity contribution is 7.93. The molecule has 10 rings (SSSR count). The molecule has 4 aromatic heterocycles. The fraction of sp³-hybridized carbons (Fsp3) is 0.326. The van der Waals surface area contributed by atoms with E-state index in [1.807, 2.05) is 0 Å². The number of hydrogen-bond donors (Lipinski definition) is 2. The number of fused-ring (bicyclic) bond motifs is 5. The zero-order valence-electron chi connectivity index (χ0n) is 34.9. The molecule has 2 fully saturated rings. The molecule has 0 aliphatic heterocycles. The van der Waals surface area contributed by atoms with Crippen LogP contribution in [-0.2, 0) is 40.3 Å². The van der Waals surface area contributed by atoms with Gasteiger partial charge in [-0.25, -0.2) is 49.7 Å². The van der Waals surface area contributed by atoms with E-state index in [1.165, 1.54) is 49.8 Å². The first-order chi connectivity index (χ1) is 32.3. The summed E-state index contributed by atoms with van der Waals surface area (Å²) in [5.74, 6) is -9.91. The van der Waals surface area contributed by atoms with Crippen molar-refractivity contribution < 1.29 is 53.1 Å². The maximum Gasteiger partial charge on any atom is 0.316 e. The van der Waals surface area contributed by atoms with Crippen LogP contribution in [0.5, 0.6) is 6.01 Å². The molecule has 0 spiro atoms. The molecule has 68 heavy (non-hydrogen) atoms. The van der Waals surface area contributed by atoms with Crippen molar-refractivity contribution in [3.63, 3.8) is 0 Å². The number of alkyl halides is 6. The zero-order chi connectivity index (χ0) is 48.1. The Morgan fingerprint density at radius 1 is 0.971 bits per heavy atom. The number of amides is 1. The van der Waals surface area contributed by atoms with Crippen LogP contribution in [0.25, 0.3) is 38.6 Å². The van der Waals surface area contributed by atoms with Gasteiger partial charge in [-0.05, 0) is 72.7 Å². The van der Waals surface area contributed by atoms with E-state index < -0.39 is 118 Å². The van der Waals surface area contributed by atoms with Crippen LogP contribution in [0.4, 0.5) is 40.9 Å². The van der Waals surface area contributed by atoms with Crippen LogP contribution in [0.1, 0.15) is 66.0 Å². The van der Waals surface area contributed by atoms with Gasteiger partial charge in [-0.15, -0.1) is 0 Å². The lowest BCUT2D eigenvalue weighted by atomic mass is 10.0. The molecule has 0 saturated heterocycles. The molecule has 0 bridgehead atoms. The van der Waals surface area contributed by atoms with Crippen molar-refractivity contribution in [2.75, 3.05) is 11.8 Å². The van der Waals surface area contributed by atoms with Crippen molar-refractivity contribution in [3.05, 3.63) is 116 Å². The summed E-state index contributed by atoms with van der Waals surface area (Å²) in [5.41, 5.74) is -2.99. The quantitative estimate of drug-likeness (QED) is 0.0965. The molecule has 3 aliphatic carbocycles. The number of rotatable bonds is 15. The summed E-state index contributed by atoms with van der Waals surface area (Å²) in [6, 6.07) is 7.54. The molecule has 7 aromatic rings. The van der Waals surface area contributed by atoms with Gasteiger partial charge in [0.15, 0.2) is 5.82 Å². The van der Waals surface area contributed by atoms with E-state index in [4.69, 9.17) is 21.3 Å². The molecule has 4 heterocycles. The van der Waals surface area contributed by atoms with Crippen LogP contribution in [0.2, 0.25) is 5.02 Å². The van der Waals surface area contributed by atoms with Crippen molar-refractivity contribution in [2.45, 2.75) is 74.8 Å².